The number of para-hydroxylation sites is 1. The molecule has 0 bridgehead atoms. The molecule has 4 rings (SSSR count). The van der Waals surface area contributed by atoms with Crippen LogP contribution in [-0.2, 0) is 6.54 Å². The number of nitrogens with zero attached hydrogens (tertiary/aromatic N) is 4. The Morgan fingerprint density at radius 2 is 1.55 bits per heavy atom. The van der Waals surface area contributed by atoms with Crippen molar-refractivity contribution in [1.29, 1.82) is 0 Å². The fourth-order valence-corrected chi connectivity index (χ4v) is 3.19. The maximum absolute atomic E-state index is 11.0. The Bertz CT molecular complexity index is 1140. The molecule has 0 fully saturated rings. The molecular weight excluding hydrogens is 368 g/mol. The average molecular weight is 386 g/mol. The first kappa shape index (κ1) is 18.4. The van der Waals surface area contributed by atoms with Gasteiger partial charge in [-0.2, -0.15) is 0 Å². The van der Waals surface area contributed by atoms with Gasteiger partial charge in [-0.05, 0) is 29.8 Å². The normalized spacial score (nSPS) is 10.7. The zero-order valence-corrected chi connectivity index (χ0v) is 15.7. The third-order valence-electron chi connectivity index (χ3n) is 4.62. The molecule has 7 nitrogen and oxygen atoms in total. The summed E-state index contributed by atoms with van der Waals surface area (Å²) in [5, 5.41) is 19.8. The summed E-state index contributed by atoms with van der Waals surface area (Å²) in [6.45, 7) is 0.549. The Kier molecular flexibility index (Phi) is 5.03. The van der Waals surface area contributed by atoms with E-state index >= 15 is 0 Å². The second-order valence-electron chi connectivity index (χ2n) is 6.42. The molecular formula is C22H18N4O3. The number of methoxy groups -OCH3 is 1. The van der Waals surface area contributed by atoms with E-state index in [1.165, 1.54) is 12.1 Å². The largest absolute Gasteiger partial charge is 0.496 e. The highest BCUT2D eigenvalue weighted by molar-refractivity contribution is 5.68. The quantitative estimate of drug-likeness (QED) is 0.358. The smallest absolute Gasteiger partial charge is 0.269 e. The van der Waals surface area contributed by atoms with Crippen LogP contribution in [0.4, 0.5) is 5.69 Å². The van der Waals surface area contributed by atoms with Crippen LogP contribution in [0.3, 0.4) is 0 Å². The van der Waals surface area contributed by atoms with Crippen molar-refractivity contribution in [3.63, 3.8) is 0 Å². The van der Waals surface area contributed by atoms with E-state index in [0.29, 0.717) is 23.9 Å². The molecule has 29 heavy (non-hydrogen) atoms. The minimum atomic E-state index is -0.418. The number of rotatable bonds is 6. The van der Waals surface area contributed by atoms with Gasteiger partial charge in [-0.25, -0.2) is 0 Å². The number of hydrogen-bond acceptors (Lipinski definition) is 5. The zero-order chi connectivity index (χ0) is 20.2. The Labute approximate surface area is 167 Å². The lowest BCUT2D eigenvalue weighted by Gasteiger charge is -2.13. The molecule has 0 atom stereocenters. The van der Waals surface area contributed by atoms with Crippen molar-refractivity contribution in [3.05, 3.63) is 94.5 Å². The van der Waals surface area contributed by atoms with Crippen molar-refractivity contribution >= 4 is 5.69 Å². The standard InChI is InChI=1S/C22H18N4O3/c1-29-20-10-6-5-9-19(20)22-24-23-21(17-11-13-18(14-12-17)26(27)28)25(22)15-16-7-3-2-4-8-16/h2-14H,15H2,1H3. The van der Waals surface area contributed by atoms with Crippen LogP contribution in [0.2, 0.25) is 0 Å². The fourth-order valence-electron chi connectivity index (χ4n) is 3.19. The molecule has 0 saturated carbocycles. The lowest BCUT2D eigenvalue weighted by atomic mass is 10.1. The van der Waals surface area contributed by atoms with Gasteiger partial charge in [0.1, 0.15) is 5.75 Å². The molecule has 0 spiro atoms. The van der Waals surface area contributed by atoms with E-state index in [1.54, 1.807) is 19.2 Å². The van der Waals surface area contributed by atoms with Gasteiger partial charge in [0.2, 0.25) is 0 Å². The van der Waals surface area contributed by atoms with Crippen molar-refractivity contribution in [2.75, 3.05) is 7.11 Å². The van der Waals surface area contributed by atoms with Gasteiger partial charge in [0.05, 0.1) is 24.1 Å². The molecule has 0 aliphatic rings. The topological polar surface area (TPSA) is 83.1 Å². The van der Waals surface area contributed by atoms with Crippen LogP contribution < -0.4 is 4.74 Å². The van der Waals surface area contributed by atoms with E-state index in [0.717, 1.165) is 16.7 Å². The van der Waals surface area contributed by atoms with Gasteiger partial charge in [-0.3, -0.25) is 10.1 Å². The summed E-state index contributed by atoms with van der Waals surface area (Å²) >= 11 is 0. The first-order valence-electron chi connectivity index (χ1n) is 9.02. The minimum absolute atomic E-state index is 0.0350. The Morgan fingerprint density at radius 1 is 0.897 bits per heavy atom. The van der Waals surface area contributed by atoms with Crippen molar-refractivity contribution in [2.24, 2.45) is 0 Å². The Hall–Kier alpha value is -4.00. The molecule has 0 amide bonds. The van der Waals surface area contributed by atoms with Gasteiger partial charge in [-0.15, -0.1) is 10.2 Å². The molecule has 3 aromatic carbocycles. The molecule has 0 unspecified atom stereocenters. The zero-order valence-electron chi connectivity index (χ0n) is 15.7. The third kappa shape index (κ3) is 3.70. The van der Waals surface area contributed by atoms with E-state index in [2.05, 4.69) is 10.2 Å². The number of non-ortho nitro benzene ring substituents is 1. The number of aromatic nitrogens is 3. The van der Waals surface area contributed by atoms with E-state index in [9.17, 15) is 10.1 Å². The van der Waals surface area contributed by atoms with Crippen LogP contribution in [0.15, 0.2) is 78.9 Å². The number of ether oxygens (including phenoxy) is 1. The summed E-state index contributed by atoms with van der Waals surface area (Å²) in [6.07, 6.45) is 0. The molecule has 1 heterocycles. The highest BCUT2D eigenvalue weighted by Crippen LogP contribution is 2.32. The summed E-state index contributed by atoms with van der Waals surface area (Å²) in [6, 6.07) is 24.0. The Balaban J connectivity index is 1.85. The van der Waals surface area contributed by atoms with Gasteiger partial charge in [0.25, 0.3) is 5.69 Å². The third-order valence-corrected chi connectivity index (χ3v) is 4.62. The van der Waals surface area contributed by atoms with Crippen LogP contribution in [-0.4, -0.2) is 26.8 Å². The van der Waals surface area contributed by atoms with Crippen molar-refractivity contribution in [3.8, 4) is 28.5 Å². The lowest BCUT2D eigenvalue weighted by molar-refractivity contribution is -0.384. The van der Waals surface area contributed by atoms with Crippen molar-refractivity contribution in [1.82, 2.24) is 14.8 Å². The molecule has 1 aromatic heterocycles. The van der Waals surface area contributed by atoms with E-state index < -0.39 is 4.92 Å². The summed E-state index contributed by atoms with van der Waals surface area (Å²) < 4.78 is 7.50. The van der Waals surface area contributed by atoms with Gasteiger partial charge in [0.15, 0.2) is 11.6 Å². The predicted molar refractivity (Wildman–Crippen MR) is 110 cm³/mol. The molecule has 4 aromatic rings. The van der Waals surface area contributed by atoms with Crippen molar-refractivity contribution in [2.45, 2.75) is 6.54 Å². The second kappa shape index (κ2) is 7.93. The minimum Gasteiger partial charge on any atom is -0.496 e. The summed E-state index contributed by atoms with van der Waals surface area (Å²) in [5.41, 5.74) is 2.70. The van der Waals surface area contributed by atoms with E-state index in [4.69, 9.17) is 4.74 Å². The molecule has 0 radical (unpaired) electrons. The second-order valence-corrected chi connectivity index (χ2v) is 6.42. The van der Waals surface area contributed by atoms with E-state index in [1.807, 2.05) is 59.2 Å². The van der Waals surface area contributed by atoms with Gasteiger partial charge in [-0.1, -0.05) is 42.5 Å². The van der Waals surface area contributed by atoms with Crippen LogP contribution in [0.25, 0.3) is 22.8 Å². The molecule has 0 saturated heterocycles. The van der Waals surface area contributed by atoms with Gasteiger partial charge in [0, 0.05) is 17.7 Å². The van der Waals surface area contributed by atoms with Crippen molar-refractivity contribution < 1.29 is 9.66 Å². The molecule has 0 aliphatic carbocycles. The summed E-state index contributed by atoms with van der Waals surface area (Å²) in [7, 11) is 1.62. The Morgan fingerprint density at radius 3 is 2.24 bits per heavy atom. The van der Waals surface area contributed by atoms with Crippen LogP contribution in [0, 0.1) is 10.1 Å². The monoisotopic (exact) mass is 386 g/mol. The van der Waals surface area contributed by atoms with E-state index in [-0.39, 0.29) is 5.69 Å². The number of benzene rings is 3. The number of hydrogen-bond donors (Lipinski definition) is 0. The first-order valence-corrected chi connectivity index (χ1v) is 9.02. The highest BCUT2D eigenvalue weighted by Gasteiger charge is 2.19. The maximum atomic E-state index is 11.0. The van der Waals surface area contributed by atoms with Crippen LogP contribution in [0.1, 0.15) is 5.56 Å². The average Bonchev–Trinajstić information content (AvgIpc) is 3.17. The summed E-state index contributed by atoms with van der Waals surface area (Å²) in [4.78, 5) is 10.6. The molecule has 144 valence electrons. The number of nitro groups is 1. The predicted octanol–water partition coefficient (Wildman–Crippen LogP) is 4.58. The summed E-state index contributed by atoms with van der Waals surface area (Å²) in [5.74, 6) is 1.99. The highest BCUT2D eigenvalue weighted by atomic mass is 16.6. The van der Waals surface area contributed by atoms with Crippen LogP contribution >= 0.6 is 0 Å². The lowest BCUT2D eigenvalue weighted by Crippen LogP contribution is -2.05. The molecule has 0 N–H and O–H groups in total. The van der Waals surface area contributed by atoms with Crippen LogP contribution in [0.5, 0.6) is 5.75 Å². The SMILES string of the molecule is COc1ccccc1-c1nnc(-c2ccc([N+](=O)[O-])cc2)n1Cc1ccccc1. The van der Waals surface area contributed by atoms with Gasteiger partial charge < -0.3 is 9.30 Å². The maximum Gasteiger partial charge on any atom is 0.269 e. The first-order chi connectivity index (χ1) is 14.2. The fraction of sp³-hybridized carbons (Fsp3) is 0.0909. The number of nitro benzene ring substituents is 1. The molecule has 7 heteroatoms. The van der Waals surface area contributed by atoms with Gasteiger partial charge >= 0.3 is 0 Å². The molecule has 0 aliphatic heterocycles.